The van der Waals surface area contributed by atoms with E-state index in [1.165, 1.54) is 385 Å². The van der Waals surface area contributed by atoms with Gasteiger partial charge < -0.3 is 0 Å². The molecule has 0 fully saturated rings. The Morgan fingerprint density at radius 3 is 0.225 bits per heavy atom. The summed E-state index contributed by atoms with van der Waals surface area (Å²) in [6.07, 6.45) is 91.1. The van der Waals surface area contributed by atoms with Crippen molar-refractivity contribution < 1.29 is 36.9 Å². The molecule has 0 heterocycles. The van der Waals surface area contributed by atoms with Crippen molar-refractivity contribution in [3.63, 3.8) is 0 Å². The molecule has 0 aliphatic carbocycles. The topological polar surface area (TPSA) is 111 Å². The Balaban J connectivity index is -0.00000158. The average Bonchev–Trinajstić information content (AvgIpc) is 0.885. The average molecular weight is 1910 g/mol. The Bertz CT molecular complexity index is 1210. The SMILES string of the molecule is CCCCCCCC[O][Sn]([O]CCCCCCCC)([O]CCCCCCCC)[O]CCCCCCCC.CCCCCCCC[O][Sn]([O]CCCCCCCC)([O]CCCCCCCC)[O]CCCCCCCC.CCCCCCCC[O][Sn]([O]CCCCCCCC)([O]CCCCCCCC)[O]CCCCCCCC. The number of hydrogen-bond acceptors (Lipinski definition) is 12. The first kappa shape index (κ1) is 117. The Morgan fingerprint density at radius 1 is 0.0901 bits per heavy atom. The van der Waals surface area contributed by atoms with Crippen molar-refractivity contribution >= 4 is 60.1 Å². The number of rotatable bonds is 96. The summed E-state index contributed by atoms with van der Waals surface area (Å²) in [6, 6.07) is 0. The molecule has 111 heavy (non-hydrogen) atoms. The van der Waals surface area contributed by atoms with Crippen LogP contribution in [0.1, 0.15) is 545 Å². The summed E-state index contributed by atoms with van der Waals surface area (Å²) in [6.45, 7) is 36.0. The van der Waals surface area contributed by atoms with Gasteiger partial charge in [-0.2, -0.15) is 0 Å². The van der Waals surface area contributed by atoms with Gasteiger partial charge in [0, 0.05) is 0 Å². The van der Waals surface area contributed by atoms with E-state index < -0.39 is 60.1 Å². The van der Waals surface area contributed by atoms with Crippen molar-refractivity contribution in [3.8, 4) is 0 Å². The Kier molecular flexibility index (Phi) is 108. The van der Waals surface area contributed by atoms with Crippen molar-refractivity contribution in [2.45, 2.75) is 545 Å². The molecule has 0 radical (unpaired) electrons. The molecular formula is C96H204O12Sn3. The first-order valence-corrected chi connectivity index (χ1v) is 64.4. The minimum atomic E-state index is -4.01. The van der Waals surface area contributed by atoms with E-state index in [0.29, 0.717) is 0 Å². The van der Waals surface area contributed by atoms with Crippen LogP contribution in [0.4, 0.5) is 0 Å². The molecule has 15 heteroatoms. The van der Waals surface area contributed by atoms with E-state index >= 15 is 0 Å². The quantitative estimate of drug-likeness (QED) is 0.0427. The van der Waals surface area contributed by atoms with Crippen molar-refractivity contribution in [2.75, 3.05) is 79.3 Å². The van der Waals surface area contributed by atoms with E-state index in [-0.39, 0.29) is 0 Å². The van der Waals surface area contributed by atoms with E-state index in [1.54, 1.807) is 0 Å². The molecule has 0 saturated heterocycles. The standard InChI is InChI=1S/12C8H17O.3Sn/c12*1-2-3-4-5-6-7-8-9;;;/h12*2-8H2,1H3;;;/q12*-1;3*+4. The summed E-state index contributed by atoms with van der Waals surface area (Å²) in [5.74, 6) is 0. The predicted octanol–water partition coefficient (Wildman–Crippen LogP) is 32.8. The number of hydrogen-bond donors (Lipinski definition) is 0. The molecule has 672 valence electrons. The van der Waals surface area contributed by atoms with Gasteiger partial charge in [0.05, 0.1) is 0 Å². The molecule has 0 bridgehead atoms. The molecule has 12 nitrogen and oxygen atoms in total. The summed E-state index contributed by atoms with van der Waals surface area (Å²) in [4.78, 5) is 0. The second-order valence-corrected chi connectivity index (χ2v) is 51.3. The van der Waals surface area contributed by atoms with Crippen LogP contribution in [0.5, 0.6) is 0 Å². The van der Waals surface area contributed by atoms with Gasteiger partial charge in [0.15, 0.2) is 0 Å². The molecular weight excluding hydrogens is 1700 g/mol. The van der Waals surface area contributed by atoms with Gasteiger partial charge in [-0.15, -0.1) is 0 Å². The molecule has 0 N–H and O–H groups in total. The first-order valence-electron chi connectivity index (χ1n) is 50.4. The fraction of sp³-hybridized carbons (Fsp3) is 1.00. The van der Waals surface area contributed by atoms with Gasteiger partial charge in [0.1, 0.15) is 0 Å². The third-order valence-corrected chi connectivity index (χ3v) is 40.4. The fourth-order valence-electron chi connectivity index (χ4n) is 13.7. The van der Waals surface area contributed by atoms with Crippen molar-refractivity contribution in [1.29, 1.82) is 0 Å². The van der Waals surface area contributed by atoms with Crippen molar-refractivity contribution in [2.24, 2.45) is 0 Å². The van der Waals surface area contributed by atoms with E-state index in [0.717, 1.165) is 156 Å². The molecule has 0 rings (SSSR count). The molecule has 0 amide bonds. The zero-order chi connectivity index (χ0) is 81.4. The molecule has 0 unspecified atom stereocenters. The summed E-state index contributed by atoms with van der Waals surface area (Å²) < 4.78 is 78.2. The molecule has 0 spiro atoms. The maximum absolute atomic E-state index is 6.51. The maximum atomic E-state index is 6.51. The summed E-state index contributed by atoms with van der Waals surface area (Å²) in [7, 11) is 0. The second kappa shape index (κ2) is 102. The van der Waals surface area contributed by atoms with Gasteiger partial charge in [0.2, 0.25) is 0 Å². The van der Waals surface area contributed by atoms with Crippen LogP contribution in [-0.4, -0.2) is 139 Å². The first-order chi connectivity index (χ1) is 54.7. The molecule has 0 atom stereocenters. The molecule has 0 aromatic heterocycles. The Labute approximate surface area is 715 Å². The van der Waals surface area contributed by atoms with Crippen LogP contribution < -0.4 is 0 Å². The second-order valence-electron chi connectivity index (χ2n) is 32.9. The zero-order valence-corrected chi connectivity index (χ0v) is 86.4. The van der Waals surface area contributed by atoms with Crippen LogP contribution in [0.2, 0.25) is 0 Å². The Morgan fingerprint density at radius 2 is 0.153 bits per heavy atom. The molecule has 0 aromatic carbocycles. The van der Waals surface area contributed by atoms with E-state index in [9.17, 15) is 0 Å². The van der Waals surface area contributed by atoms with Crippen LogP contribution >= 0.6 is 0 Å². The minimum absolute atomic E-state index is 0.728. The van der Waals surface area contributed by atoms with Crippen molar-refractivity contribution in [1.82, 2.24) is 0 Å². The van der Waals surface area contributed by atoms with Crippen LogP contribution in [-0.2, 0) is 36.9 Å². The third-order valence-electron chi connectivity index (χ3n) is 21.3. The molecule has 0 aromatic rings. The molecule has 0 saturated carbocycles. The summed E-state index contributed by atoms with van der Waals surface area (Å²) in [5.41, 5.74) is 0. The monoisotopic (exact) mass is 1910 g/mol. The van der Waals surface area contributed by atoms with Gasteiger partial charge in [-0.1, -0.05) is 0 Å². The van der Waals surface area contributed by atoms with Gasteiger partial charge in [-0.05, 0) is 0 Å². The van der Waals surface area contributed by atoms with Crippen molar-refractivity contribution in [3.05, 3.63) is 0 Å². The summed E-state index contributed by atoms with van der Waals surface area (Å²) in [5, 5.41) is 0. The van der Waals surface area contributed by atoms with Crippen LogP contribution in [0.3, 0.4) is 0 Å². The summed E-state index contributed by atoms with van der Waals surface area (Å²) >= 11 is -12.0. The van der Waals surface area contributed by atoms with E-state index in [4.69, 9.17) is 36.9 Å². The normalized spacial score (nSPS) is 12.0. The molecule has 0 aliphatic rings. The van der Waals surface area contributed by atoms with Gasteiger partial charge >= 0.3 is 722 Å². The Hall–Kier alpha value is 1.92. The van der Waals surface area contributed by atoms with Gasteiger partial charge in [-0.3, -0.25) is 0 Å². The number of unbranched alkanes of at least 4 members (excludes halogenated alkanes) is 60. The third kappa shape index (κ3) is 91.0. The van der Waals surface area contributed by atoms with Crippen LogP contribution in [0, 0.1) is 0 Å². The van der Waals surface area contributed by atoms with Gasteiger partial charge in [0.25, 0.3) is 0 Å². The molecule has 0 aliphatic heterocycles. The van der Waals surface area contributed by atoms with E-state index in [2.05, 4.69) is 83.1 Å². The van der Waals surface area contributed by atoms with E-state index in [1.807, 2.05) is 0 Å². The fourth-order valence-corrected chi connectivity index (χ4v) is 31.5. The van der Waals surface area contributed by atoms with Gasteiger partial charge in [-0.25, -0.2) is 0 Å². The van der Waals surface area contributed by atoms with Crippen LogP contribution in [0.25, 0.3) is 0 Å². The zero-order valence-electron chi connectivity index (χ0n) is 77.8. The van der Waals surface area contributed by atoms with Crippen LogP contribution in [0.15, 0.2) is 0 Å². The predicted molar refractivity (Wildman–Crippen MR) is 489 cm³/mol.